The van der Waals surface area contributed by atoms with Gasteiger partial charge in [-0.3, -0.25) is 9.59 Å². The zero-order valence-electron chi connectivity index (χ0n) is 19.9. The van der Waals surface area contributed by atoms with Gasteiger partial charge in [-0.2, -0.15) is 8.78 Å². The minimum atomic E-state index is -4.27. The van der Waals surface area contributed by atoms with Gasteiger partial charge in [0.2, 0.25) is 0 Å². The Balaban J connectivity index is 1.09. The van der Waals surface area contributed by atoms with Gasteiger partial charge >= 0.3 is 29.1 Å². The summed E-state index contributed by atoms with van der Waals surface area (Å²) in [5.41, 5.74) is -1.63. The van der Waals surface area contributed by atoms with Crippen molar-refractivity contribution in [2.75, 3.05) is 6.61 Å². The van der Waals surface area contributed by atoms with Gasteiger partial charge in [0, 0.05) is 18.3 Å². The Kier molecular flexibility index (Phi) is 6.18. The van der Waals surface area contributed by atoms with E-state index in [1.54, 1.807) is 0 Å². The molecule has 0 spiro atoms. The molecular formula is C23H26F2O12S. The van der Waals surface area contributed by atoms with Crippen LogP contribution in [0.1, 0.15) is 44.9 Å². The smallest absolute Gasteiger partial charge is 0.415 e. The molecule has 7 rings (SSSR count). The van der Waals surface area contributed by atoms with Crippen LogP contribution in [0.3, 0.4) is 0 Å². The number of aliphatic hydroxyl groups is 1. The summed E-state index contributed by atoms with van der Waals surface area (Å²) >= 11 is -0.796. The summed E-state index contributed by atoms with van der Waals surface area (Å²) in [5.74, 6) is -7.35. The summed E-state index contributed by atoms with van der Waals surface area (Å²) in [7, 11) is 0. The Morgan fingerprint density at radius 1 is 1.11 bits per heavy atom. The van der Waals surface area contributed by atoms with Crippen molar-refractivity contribution in [2.45, 2.75) is 73.6 Å². The molecule has 1 saturated heterocycles. The van der Waals surface area contributed by atoms with Crippen LogP contribution in [0.5, 0.6) is 0 Å². The maximum Gasteiger partial charge on any atom is 0.415 e. The molecule has 1 aliphatic heterocycles. The van der Waals surface area contributed by atoms with Gasteiger partial charge in [-0.15, -0.1) is 4.33 Å². The fourth-order valence-electron chi connectivity index (χ4n) is 8.50. The molecule has 210 valence electrons. The van der Waals surface area contributed by atoms with Crippen molar-refractivity contribution < 1.29 is 66.6 Å². The van der Waals surface area contributed by atoms with Crippen LogP contribution >= 0.6 is 12.0 Å². The zero-order valence-corrected chi connectivity index (χ0v) is 20.7. The molecule has 2 N–H and O–H groups in total. The first-order valence-corrected chi connectivity index (χ1v) is 13.2. The van der Waals surface area contributed by atoms with Crippen molar-refractivity contribution in [3.05, 3.63) is 0 Å². The van der Waals surface area contributed by atoms with E-state index >= 15 is 0 Å². The molecule has 8 unspecified atom stereocenters. The molecule has 7 aliphatic rings. The van der Waals surface area contributed by atoms with E-state index in [4.69, 9.17) is 24.2 Å². The fourth-order valence-corrected chi connectivity index (χ4v) is 8.73. The highest BCUT2D eigenvalue weighted by Gasteiger charge is 2.71. The van der Waals surface area contributed by atoms with E-state index in [1.807, 2.05) is 0 Å². The lowest BCUT2D eigenvalue weighted by molar-refractivity contribution is -0.433. The second-order valence-corrected chi connectivity index (χ2v) is 12.4. The molecule has 6 saturated carbocycles. The van der Waals surface area contributed by atoms with Gasteiger partial charge in [0.1, 0.15) is 29.9 Å². The van der Waals surface area contributed by atoms with E-state index in [-0.39, 0.29) is 18.3 Å². The number of fused-ring (bicyclic) bond motifs is 1. The minimum Gasteiger partial charge on any atom is -0.458 e. The highest BCUT2D eigenvalue weighted by molar-refractivity contribution is 7.96. The largest absolute Gasteiger partial charge is 0.458 e. The lowest BCUT2D eigenvalue weighted by atomic mass is 9.52. The third-order valence-corrected chi connectivity index (χ3v) is 9.61. The molecular weight excluding hydrogens is 538 g/mol. The molecule has 12 nitrogen and oxygen atoms in total. The van der Waals surface area contributed by atoms with E-state index in [2.05, 4.69) is 9.37 Å². The van der Waals surface area contributed by atoms with Gasteiger partial charge in [-0.25, -0.2) is 14.8 Å². The molecule has 0 aromatic carbocycles. The number of esters is 4. The molecule has 7 fully saturated rings. The molecule has 0 aromatic heterocycles. The van der Waals surface area contributed by atoms with Crippen LogP contribution in [0, 0.1) is 35.5 Å². The second kappa shape index (κ2) is 8.98. The van der Waals surface area contributed by atoms with Gasteiger partial charge in [0.25, 0.3) is 0 Å². The maximum atomic E-state index is 13.9. The third kappa shape index (κ3) is 4.26. The number of ether oxygens (including phenoxy) is 4. The number of rotatable bonds is 9. The quantitative estimate of drug-likeness (QED) is 0.136. The lowest BCUT2D eigenvalue weighted by Gasteiger charge is -2.59. The van der Waals surface area contributed by atoms with Crippen molar-refractivity contribution >= 4 is 35.9 Å². The molecule has 38 heavy (non-hydrogen) atoms. The molecule has 15 heteroatoms. The maximum absolute atomic E-state index is 13.9. The van der Waals surface area contributed by atoms with Crippen LogP contribution in [0.2, 0.25) is 0 Å². The first-order valence-electron chi connectivity index (χ1n) is 12.5. The van der Waals surface area contributed by atoms with Crippen LogP contribution in [0.4, 0.5) is 8.78 Å². The van der Waals surface area contributed by atoms with Crippen molar-refractivity contribution in [1.29, 1.82) is 0 Å². The van der Waals surface area contributed by atoms with E-state index in [0.717, 1.165) is 6.42 Å². The molecule has 6 bridgehead atoms. The number of alkyl halides is 2. The standard InChI is InChI=1S/C23H26F2O12S/c24-23(25,38-37-36-31)20(29)34-17-11-2-12-15(19(28)33-16(12)17)14(11)18(27)32-7-13(26)35-22-5-9-1-10(6-22)4-21(30,3-9)8-22/h9-12,14-17,30-31H,1-8H2. The first kappa shape index (κ1) is 26.2. The molecule has 8 atom stereocenters. The Morgan fingerprint density at radius 2 is 1.82 bits per heavy atom. The van der Waals surface area contributed by atoms with Crippen LogP contribution in [0.25, 0.3) is 0 Å². The SMILES string of the molecule is O=C(COC(=O)C1C2CC3C(OC(=O)C31)C2OC(=O)C(F)(F)SOOO)OC12CC3CC(CC(O)(C3)C1)C2. The summed E-state index contributed by atoms with van der Waals surface area (Å²) in [5, 5.41) is 17.7. The first-order chi connectivity index (χ1) is 17.9. The molecule has 0 radical (unpaired) electrons. The summed E-state index contributed by atoms with van der Waals surface area (Å²) in [4.78, 5) is 50.2. The van der Waals surface area contributed by atoms with Crippen molar-refractivity contribution in [1.82, 2.24) is 0 Å². The van der Waals surface area contributed by atoms with Gasteiger partial charge in [0.05, 0.1) is 17.4 Å². The Morgan fingerprint density at radius 3 is 2.47 bits per heavy atom. The van der Waals surface area contributed by atoms with Crippen molar-refractivity contribution in [3.8, 4) is 0 Å². The molecule has 0 aromatic rings. The Hall–Kier alpha value is -2.07. The second-order valence-electron chi connectivity index (χ2n) is 11.6. The third-order valence-electron chi connectivity index (χ3n) is 9.11. The van der Waals surface area contributed by atoms with Crippen molar-refractivity contribution in [2.24, 2.45) is 35.5 Å². The highest BCUT2D eigenvalue weighted by Crippen LogP contribution is 2.60. The van der Waals surface area contributed by atoms with Gasteiger partial charge in [-0.05, 0) is 50.4 Å². The Labute approximate surface area is 218 Å². The van der Waals surface area contributed by atoms with E-state index < -0.39 is 94.9 Å². The summed E-state index contributed by atoms with van der Waals surface area (Å²) < 4.78 is 52.6. The van der Waals surface area contributed by atoms with Gasteiger partial charge in [-0.1, -0.05) is 5.04 Å². The van der Waals surface area contributed by atoms with Crippen LogP contribution < -0.4 is 0 Å². The topological polar surface area (TPSA) is 164 Å². The van der Waals surface area contributed by atoms with Crippen molar-refractivity contribution in [3.63, 3.8) is 0 Å². The highest BCUT2D eigenvalue weighted by atomic mass is 32.2. The summed E-state index contributed by atoms with van der Waals surface area (Å²) in [6.45, 7) is -0.717. The normalized spacial score (nSPS) is 43.7. The molecule has 6 aliphatic carbocycles. The van der Waals surface area contributed by atoms with E-state index in [0.29, 0.717) is 32.1 Å². The number of halogens is 2. The minimum absolute atomic E-state index is 0.197. The number of hydrogen-bond donors (Lipinski definition) is 2. The summed E-state index contributed by atoms with van der Waals surface area (Å²) in [6.07, 6.45) is 1.90. The molecule has 0 amide bonds. The fraction of sp³-hybridized carbons (Fsp3) is 0.826. The van der Waals surface area contributed by atoms with E-state index in [1.165, 1.54) is 0 Å². The van der Waals surface area contributed by atoms with Crippen LogP contribution in [0.15, 0.2) is 0 Å². The number of carbonyl (C=O) groups is 4. The Bertz CT molecular complexity index is 1040. The van der Waals surface area contributed by atoms with Crippen LogP contribution in [-0.2, 0) is 47.5 Å². The zero-order chi connectivity index (χ0) is 27.0. The van der Waals surface area contributed by atoms with Gasteiger partial charge in [0.15, 0.2) is 6.61 Å². The lowest BCUT2D eigenvalue weighted by Crippen LogP contribution is -2.60. The van der Waals surface area contributed by atoms with Gasteiger partial charge < -0.3 is 24.1 Å². The average Bonchev–Trinajstić information content (AvgIpc) is 3.43. The average molecular weight is 565 g/mol. The number of hydrogen-bond acceptors (Lipinski definition) is 13. The predicted octanol–water partition coefficient (Wildman–Crippen LogP) is 1.54. The number of carbonyl (C=O) groups excluding carboxylic acids is 4. The predicted molar refractivity (Wildman–Crippen MR) is 115 cm³/mol. The molecule has 1 heterocycles. The van der Waals surface area contributed by atoms with E-state index in [9.17, 15) is 33.1 Å². The monoisotopic (exact) mass is 564 g/mol. The van der Waals surface area contributed by atoms with Crippen LogP contribution in [-0.4, -0.2) is 69.5 Å². The summed E-state index contributed by atoms with van der Waals surface area (Å²) in [6, 6.07) is 0.